The predicted molar refractivity (Wildman–Crippen MR) is 87.1 cm³/mol. The third kappa shape index (κ3) is 3.80. The number of hydrogen-bond donors (Lipinski definition) is 0. The number of benzene rings is 1. The molecule has 1 fully saturated rings. The predicted octanol–water partition coefficient (Wildman–Crippen LogP) is 1.41. The van der Waals surface area contributed by atoms with Crippen molar-refractivity contribution in [3.8, 4) is 0 Å². The monoisotopic (exact) mass is 330 g/mol. The molecule has 0 aliphatic carbocycles. The molecule has 1 saturated heterocycles. The highest BCUT2D eigenvalue weighted by Crippen LogP contribution is 2.20. The lowest BCUT2D eigenvalue weighted by Gasteiger charge is -2.35. The van der Waals surface area contributed by atoms with Crippen molar-refractivity contribution in [2.45, 2.75) is 19.6 Å². The second-order valence-corrected chi connectivity index (χ2v) is 5.86. The summed E-state index contributed by atoms with van der Waals surface area (Å²) >= 11 is 0. The van der Waals surface area contributed by atoms with E-state index in [1.54, 1.807) is 14.0 Å². The van der Waals surface area contributed by atoms with Gasteiger partial charge in [-0.15, -0.1) is 0 Å². The number of carbonyl (C=O) groups excluding carboxylic acids is 1. The van der Waals surface area contributed by atoms with E-state index in [1.165, 1.54) is 0 Å². The van der Waals surface area contributed by atoms with Crippen molar-refractivity contribution in [3.05, 3.63) is 47.6 Å². The average molecular weight is 330 g/mol. The summed E-state index contributed by atoms with van der Waals surface area (Å²) in [6, 6.07) is 9.60. The summed E-state index contributed by atoms with van der Waals surface area (Å²) in [6.07, 6.45) is -0.544. The van der Waals surface area contributed by atoms with Crippen molar-refractivity contribution in [2.24, 2.45) is 0 Å². The third-order valence-corrected chi connectivity index (χ3v) is 4.18. The second-order valence-electron chi connectivity index (χ2n) is 5.86. The molecule has 1 aromatic heterocycles. The van der Waals surface area contributed by atoms with Crippen LogP contribution in [0.1, 0.15) is 23.4 Å². The normalized spacial score (nSPS) is 17.0. The Morgan fingerprint density at radius 1 is 1.25 bits per heavy atom. The van der Waals surface area contributed by atoms with Gasteiger partial charge >= 0.3 is 0 Å². The zero-order valence-electron chi connectivity index (χ0n) is 14.0. The molecule has 0 spiro atoms. The van der Waals surface area contributed by atoms with Crippen LogP contribution in [0.3, 0.4) is 0 Å². The van der Waals surface area contributed by atoms with Gasteiger partial charge in [0.2, 0.25) is 5.89 Å². The molecular weight excluding hydrogens is 308 g/mol. The Morgan fingerprint density at radius 2 is 1.96 bits per heavy atom. The van der Waals surface area contributed by atoms with Crippen LogP contribution in [-0.2, 0) is 16.1 Å². The summed E-state index contributed by atoms with van der Waals surface area (Å²) in [5.41, 5.74) is 0.884. The van der Waals surface area contributed by atoms with Gasteiger partial charge in [0.1, 0.15) is 0 Å². The van der Waals surface area contributed by atoms with E-state index in [-0.39, 0.29) is 5.91 Å². The molecule has 1 atom stereocenters. The number of methoxy groups -OCH3 is 1. The maximum Gasteiger partial charge on any atom is 0.256 e. The first-order valence-corrected chi connectivity index (χ1v) is 8.05. The number of aryl methyl sites for hydroxylation is 1. The van der Waals surface area contributed by atoms with Crippen LogP contribution >= 0.6 is 0 Å². The molecular formula is C17H22N4O3. The molecule has 24 heavy (non-hydrogen) atoms. The van der Waals surface area contributed by atoms with Gasteiger partial charge < -0.3 is 14.2 Å². The molecule has 0 N–H and O–H groups in total. The molecule has 128 valence electrons. The Morgan fingerprint density at radius 3 is 2.54 bits per heavy atom. The van der Waals surface area contributed by atoms with Gasteiger partial charge in [-0.1, -0.05) is 35.5 Å². The van der Waals surface area contributed by atoms with Crippen LogP contribution in [0, 0.1) is 6.92 Å². The van der Waals surface area contributed by atoms with Crippen molar-refractivity contribution < 1.29 is 14.1 Å². The molecule has 2 heterocycles. The summed E-state index contributed by atoms with van der Waals surface area (Å²) in [4.78, 5) is 21.0. The van der Waals surface area contributed by atoms with E-state index < -0.39 is 6.10 Å². The summed E-state index contributed by atoms with van der Waals surface area (Å²) in [5, 5.41) is 3.92. The summed E-state index contributed by atoms with van der Waals surface area (Å²) in [7, 11) is 1.57. The second kappa shape index (κ2) is 7.55. The van der Waals surface area contributed by atoms with Crippen molar-refractivity contribution in [1.82, 2.24) is 19.9 Å². The van der Waals surface area contributed by atoms with Gasteiger partial charge in [0.25, 0.3) is 5.91 Å². The first-order chi connectivity index (χ1) is 11.7. The summed E-state index contributed by atoms with van der Waals surface area (Å²) in [6.45, 7) is 5.33. The minimum absolute atomic E-state index is 0.0127. The standard InChI is InChI=1S/C17H22N4O3/c1-13-18-15(19-24-13)12-20-8-10-21(11-9-20)17(22)16(23-2)14-6-4-3-5-7-14/h3-7,16H,8-12H2,1-2H3. The third-order valence-electron chi connectivity index (χ3n) is 4.18. The molecule has 1 aliphatic rings. The molecule has 1 amide bonds. The first-order valence-electron chi connectivity index (χ1n) is 8.05. The highest BCUT2D eigenvalue weighted by atomic mass is 16.5. The fourth-order valence-electron chi connectivity index (χ4n) is 2.91. The van der Waals surface area contributed by atoms with Gasteiger partial charge in [-0.25, -0.2) is 0 Å². The van der Waals surface area contributed by atoms with Crippen LogP contribution in [0.5, 0.6) is 0 Å². The topological polar surface area (TPSA) is 71.7 Å². The number of rotatable bonds is 5. The minimum atomic E-state index is -0.544. The smallest absolute Gasteiger partial charge is 0.256 e. The number of carbonyl (C=O) groups is 1. The maximum absolute atomic E-state index is 12.7. The zero-order chi connectivity index (χ0) is 16.9. The van der Waals surface area contributed by atoms with E-state index in [9.17, 15) is 4.79 Å². The maximum atomic E-state index is 12.7. The lowest BCUT2D eigenvalue weighted by atomic mass is 10.1. The molecule has 0 bridgehead atoms. The van der Waals surface area contributed by atoms with Crippen molar-refractivity contribution in [3.63, 3.8) is 0 Å². The van der Waals surface area contributed by atoms with E-state index in [1.807, 2.05) is 35.2 Å². The lowest BCUT2D eigenvalue weighted by Crippen LogP contribution is -2.49. The number of hydrogen-bond acceptors (Lipinski definition) is 6. The molecule has 1 aliphatic heterocycles. The number of amides is 1. The number of nitrogens with zero attached hydrogens (tertiary/aromatic N) is 4. The van der Waals surface area contributed by atoms with Crippen LogP contribution in [0.15, 0.2) is 34.9 Å². The molecule has 7 nitrogen and oxygen atoms in total. The van der Waals surface area contributed by atoms with E-state index in [0.29, 0.717) is 31.3 Å². The zero-order valence-corrected chi connectivity index (χ0v) is 14.0. The van der Waals surface area contributed by atoms with Crippen molar-refractivity contribution in [2.75, 3.05) is 33.3 Å². The molecule has 0 saturated carbocycles. The van der Waals surface area contributed by atoms with Gasteiger partial charge in [-0.2, -0.15) is 4.98 Å². The average Bonchev–Trinajstić information content (AvgIpc) is 3.02. The Bertz CT molecular complexity index is 665. The van der Waals surface area contributed by atoms with E-state index in [4.69, 9.17) is 9.26 Å². The molecule has 1 unspecified atom stereocenters. The number of aromatic nitrogens is 2. The summed E-state index contributed by atoms with van der Waals surface area (Å²) < 4.78 is 10.4. The minimum Gasteiger partial charge on any atom is -0.367 e. The van der Waals surface area contributed by atoms with Crippen LogP contribution in [0.4, 0.5) is 0 Å². The van der Waals surface area contributed by atoms with E-state index in [0.717, 1.165) is 18.7 Å². The molecule has 3 rings (SSSR count). The molecule has 1 aromatic carbocycles. The fraction of sp³-hybridized carbons (Fsp3) is 0.471. The van der Waals surface area contributed by atoms with Gasteiger partial charge in [0, 0.05) is 40.2 Å². The lowest BCUT2D eigenvalue weighted by molar-refractivity contribution is -0.144. The van der Waals surface area contributed by atoms with Crippen LogP contribution in [0.25, 0.3) is 0 Å². The quantitative estimate of drug-likeness (QED) is 0.825. The molecule has 7 heteroatoms. The number of piperazine rings is 1. The summed E-state index contributed by atoms with van der Waals surface area (Å²) in [5.74, 6) is 1.27. The highest BCUT2D eigenvalue weighted by molar-refractivity contribution is 5.82. The van der Waals surface area contributed by atoms with Crippen LogP contribution in [0.2, 0.25) is 0 Å². The van der Waals surface area contributed by atoms with Crippen LogP contribution in [-0.4, -0.2) is 59.1 Å². The largest absolute Gasteiger partial charge is 0.367 e. The molecule has 2 aromatic rings. The SMILES string of the molecule is COC(C(=O)N1CCN(Cc2noc(C)n2)CC1)c1ccccc1. The van der Waals surface area contributed by atoms with Gasteiger partial charge in [-0.3, -0.25) is 9.69 Å². The fourth-order valence-corrected chi connectivity index (χ4v) is 2.91. The van der Waals surface area contributed by atoms with E-state index >= 15 is 0 Å². The highest BCUT2D eigenvalue weighted by Gasteiger charge is 2.28. The van der Waals surface area contributed by atoms with Gasteiger partial charge in [0.05, 0.1) is 6.54 Å². The Balaban J connectivity index is 1.56. The Kier molecular flexibility index (Phi) is 5.22. The molecule has 0 radical (unpaired) electrons. The van der Waals surface area contributed by atoms with E-state index in [2.05, 4.69) is 15.0 Å². The van der Waals surface area contributed by atoms with Gasteiger partial charge in [-0.05, 0) is 5.56 Å². The van der Waals surface area contributed by atoms with Crippen LogP contribution < -0.4 is 0 Å². The number of ether oxygens (including phenoxy) is 1. The van der Waals surface area contributed by atoms with Crippen molar-refractivity contribution >= 4 is 5.91 Å². The Hall–Kier alpha value is -2.25. The van der Waals surface area contributed by atoms with Gasteiger partial charge in [0.15, 0.2) is 11.9 Å². The Labute approximate surface area is 141 Å². The van der Waals surface area contributed by atoms with Crippen molar-refractivity contribution in [1.29, 1.82) is 0 Å². The first kappa shape index (κ1) is 16.6.